The fourth-order valence-corrected chi connectivity index (χ4v) is 5.21. The van der Waals surface area contributed by atoms with E-state index >= 15 is 0 Å². The van der Waals surface area contributed by atoms with Crippen molar-refractivity contribution < 1.29 is 14.4 Å². The van der Waals surface area contributed by atoms with Crippen LogP contribution in [0.2, 0.25) is 0 Å². The summed E-state index contributed by atoms with van der Waals surface area (Å²) in [5, 5.41) is 12.6. The van der Waals surface area contributed by atoms with E-state index in [9.17, 15) is 4.79 Å². The van der Waals surface area contributed by atoms with Crippen molar-refractivity contribution in [2.24, 2.45) is 10.9 Å². The minimum Gasteiger partial charge on any atom is -0.356 e. The van der Waals surface area contributed by atoms with Crippen LogP contribution in [0.5, 0.6) is 0 Å². The zero-order chi connectivity index (χ0) is 26.7. The highest BCUT2D eigenvalue weighted by molar-refractivity contribution is 7.15. The van der Waals surface area contributed by atoms with Crippen molar-refractivity contribution in [3.63, 3.8) is 0 Å². The fourth-order valence-electron chi connectivity index (χ4n) is 4.00. The molecule has 0 saturated carbocycles. The molecule has 1 aromatic carbocycles. The average molecular weight is 521 g/mol. The summed E-state index contributed by atoms with van der Waals surface area (Å²) in [6.07, 6.45) is 0.116. The lowest BCUT2D eigenvalue weighted by molar-refractivity contribution is -0.124. The van der Waals surface area contributed by atoms with Crippen LogP contribution in [0.15, 0.2) is 29.3 Å². The fraction of sp³-hybridized carbons (Fsp3) is 0.407. The van der Waals surface area contributed by atoms with Crippen LogP contribution in [0, 0.1) is 32.6 Å². The lowest BCUT2D eigenvalue weighted by atomic mass is 9.98. The van der Waals surface area contributed by atoms with Crippen molar-refractivity contribution in [1.29, 1.82) is 0 Å². The molecule has 0 unspecified atom stereocenters. The van der Waals surface area contributed by atoms with E-state index in [4.69, 9.17) is 15.6 Å². The molecule has 194 valence electrons. The van der Waals surface area contributed by atoms with Gasteiger partial charge in [-0.1, -0.05) is 24.0 Å². The first kappa shape index (κ1) is 26.7. The van der Waals surface area contributed by atoms with Gasteiger partial charge in [0.1, 0.15) is 30.2 Å². The summed E-state index contributed by atoms with van der Waals surface area (Å²) in [6.45, 7) is 12.2. The molecule has 0 fully saturated rings. The van der Waals surface area contributed by atoms with E-state index in [1.807, 2.05) is 56.5 Å². The van der Waals surface area contributed by atoms with Crippen molar-refractivity contribution in [3.05, 3.63) is 63.0 Å². The maximum absolute atomic E-state index is 12.9. The molecule has 1 aliphatic rings. The lowest BCUT2D eigenvalue weighted by Crippen LogP contribution is -2.32. The smallest absolute Gasteiger partial charge is 0.224 e. The summed E-state index contributed by atoms with van der Waals surface area (Å²) in [4.78, 5) is 23.8. The molecule has 0 spiro atoms. The molecular formula is C27H32N6O3S. The molecule has 4 rings (SSSR count). The number of fused-ring (bicyclic) bond motifs is 3. The first-order chi connectivity index (χ1) is 17.6. The Bertz CT molecular complexity index is 1390. The molecule has 2 aromatic heterocycles. The van der Waals surface area contributed by atoms with Crippen LogP contribution >= 0.6 is 11.3 Å². The number of aliphatic imine (C=N–C) groups is 1. The highest BCUT2D eigenvalue weighted by Crippen LogP contribution is 2.39. The molecule has 0 radical (unpaired) electrons. The van der Waals surface area contributed by atoms with Crippen molar-refractivity contribution in [3.8, 4) is 16.8 Å². The number of carbonyl (C=O) groups excluding carboxylic acids is 1. The van der Waals surface area contributed by atoms with E-state index in [0.717, 1.165) is 38.8 Å². The maximum atomic E-state index is 12.9. The molecule has 1 amide bonds. The molecule has 9 nitrogen and oxygen atoms in total. The lowest BCUT2D eigenvalue weighted by Gasteiger charge is -2.20. The van der Waals surface area contributed by atoms with Gasteiger partial charge in [0.15, 0.2) is 5.82 Å². The standard InChI is InChI=1S/C27H32N6O3S/c1-16-17(2)37-26-23(16)24(20-11-9-19(10-12-20)8-7-13-36-28)30-21(25-32-31-18(3)33(25)26)14-22(34)29-15-35-27(4,5)6/h9-12,21H,13-15,28H2,1-6H3,(H,29,34)/t21-/m0/s1. The number of hydrogen-bond acceptors (Lipinski definition) is 8. The summed E-state index contributed by atoms with van der Waals surface area (Å²) >= 11 is 1.68. The Morgan fingerprint density at radius 1 is 1.19 bits per heavy atom. The highest BCUT2D eigenvalue weighted by atomic mass is 32.1. The van der Waals surface area contributed by atoms with Crippen LogP contribution in [0.1, 0.15) is 72.0 Å². The van der Waals surface area contributed by atoms with Gasteiger partial charge in [-0.05, 0) is 59.2 Å². The third kappa shape index (κ3) is 5.97. The second-order valence-electron chi connectivity index (χ2n) is 9.79. The summed E-state index contributed by atoms with van der Waals surface area (Å²) in [5.41, 5.74) is 4.41. The van der Waals surface area contributed by atoms with Crippen LogP contribution < -0.4 is 11.2 Å². The predicted molar refractivity (Wildman–Crippen MR) is 144 cm³/mol. The molecule has 3 aromatic rings. The molecule has 0 aliphatic carbocycles. The Hall–Kier alpha value is -3.36. The van der Waals surface area contributed by atoms with Crippen LogP contribution in [-0.2, 0) is 14.4 Å². The number of rotatable bonds is 6. The molecule has 10 heteroatoms. The number of amides is 1. The molecule has 3 heterocycles. The normalized spacial score (nSPS) is 14.7. The number of benzene rings is 1. The van der Waals surface area contributed by atoms with Crippen molar-refractivity contribution in [1.82, 2.24) is 20.1 Å². The highest BCUT2D eigenvalue weighted by Gasteiger charge is 2.32. The van der Waals surface area contributed by atoms with Crippen LogP contribution in [-0.4, -0.2) is 45.3 Å². The minimum atomic E-state index is -0.522. The number of aromatic nitrogens is 3. The first-order valence-corrected chi connectivity index (χ1v) is 12.8. The Morgan fingerprint density at radius 3 is 2.59 bits per heavy atom. The van der Waals surface area contributed by atoms with Gasteiger partial charge < -0.3 is 10.1 Å². The number of nitrogens with zero attached hydrogens (tertiary/aromatic N) is 4. The Labute approximate surface area is 221 Å². The number of hydrogen-bond donors (Lipinski definition) is 2. The third-order valence-electron chi connectivity index (χ3n) is 5.94. The second kappa shape index (κ2) is 10.9. The van der Waals surface area contributed by atoms with Gasteiger partial charge in [-0.25, -0.2) is 5.90 Å². The summed E-state index contributed by atoms with van der Waals surface area (Å²) in [7, 11) is 0. The zero-order valence-electron chi connectivity index (χ0n) is 22.0. The van der Waals surface area contributed by atoms with Gasteiger partial charge in [0.2, 0.25) is 5.91 Å². The van der Waals surface area contributed by atoms with Gasteiger partial charge in [-0.3, -0.25) is 19.2 Å². The van der Waals surface area contributed by atoms with Gasteiger partial charge in [0.25, 0.3) is 0 Å². The molecule has 37 heavy (non-hydrogen) atoms. The quantitative estimate of drug-likeness (QED) is 0.291. The first-order valence-electron chi connectivity index (χ1n) is 12.0. The van der Waals surface area contributed by atoms with E-state index < -0.39 is 6.04 Å². The van der Waals surface area contributed by atoms with Crippen molar-refractivity contribution in [2.75, 3.05) is 13.3 Å². The number of thiophene rings is 1. The van der Waals surface area contributed by atoms with Crippen molar-refractivity contribution >= 4 is 23.0 Å². The van der Waals surface area contributed by atoms with Gasteiger partial charge in [0, 0.05) is 21.6 Å². The van der Waals surface area contributed by atoms with Gasteiger partial charge in [-0.15, -0.1) is 21.5 Å². The largest absolute Gasteiger partial charge is 0.356 e. The molecule has 0 saturated heterocycles. The van der Waals surface area contributed by atoms with Gasteiger partial charge in [0.05, 0.1) is 17.7 Å². The van der Waals surface area contributed by atoms with E-state index in [1.54, 1.807) is 11.3 Å². The van der Waals surface area contributed by atoms with Crippen LogP contribution in [0.3, 0.4) is 0 Å². The zero-order valence-corrected chi connectivity index (χ0v) is 22.8. The molecule has 1 aliphatic heterocycles. The van der Waals surface area contributed by atoms with E-state index in [2.05, 4.69) is 46.0 Å². The topological polar surface area (TPSA) is 117 Å². The van der Waals surface area contributed by atoms with Crippen molar-refractivity contribution in [2.45, 2.75) is 59.6 Å². The Morgan fingerprint density at radius 2 is 1.92 bits per heavy atom. The minimum absolute atomic E-state index is 0.116. The van der Waals surface area contributed by atoms with Gasteiger partial charge in [-0.2, -0.15) is 0 Å². The van der Waals surface area contributed by atoms with Gasteiger partial charge >= 0.3 is 0 Å². The number of nitrogens with two attached hydrogens (primary N) is 1. The number of ether oxygens (including phenoxy) is 1. The SMILES string of the molecule is Cc1sc2c(c1C)C(c1ccc(C#CCON)cc1)=N[C@@H](CC(=O)NCOC(C)(C)C)c1nnc(C)n1-2. The summed E-state index contributed by atoms with van der Waals surface area (Å²) in [5.74, 6) is 12.2. The third-order valence-corrected chi connectivity index (χ3v) is 7.13. The summed E-state index contributed by atoms with van der Waals surface area (Å²) < 4.78 is 7.70. The monoisotopic (exact) mass is 520 g/mol. The maximum Gasteiger partial charge on any atom is 0.224 e. The molecule has 1 atom stereocenters. The van der Waals surface area contributed by atoms with E-state index in [1.165, 1.54) is 4.88 Å². The Balaban J connectivity index is 1.75. The molecule has 3 N–H and O–H groups in total. The summed E-state index contributed by atoms with van der Waals surface area (Å²) in [6, 6.07) is 7.35. The van der Waals surface area contributed by atoms with E-state index in [0.29, 0.717) is 5.82 Å². The van der Waals surface area contributed by atoms with E-state index in [-0.39, 0.29) is 31.3 Å². The number of carbonyl (C=O) groups is 1. The Kier molecular flexibility index (Phi) is 7.90. The second-order valence-corrected chi connectivity index (χ2v) is 11.0. The average Bonchev–Trinajstić information content (AvgIpc) is 3.31. The number of nitrogens with one attached hydrogen (secondary N) is 1. The van der Waals surface area contributed by atoms with Crippen LogP contribution in [0.25, 0.3) is 5.00 Å². The number of aryl methyl sites for hydroxylation is 2. The molecule has 0 bridgehead atoms. The predicted octanol–water partition coefficient (Wildman–Crippen LogP) is 3.67. The van der Waals surface area contributed by atoms with Crippen LogP contribution in [0.4, 0.5) is 0 Å². The molecular weight excluding hydrogens is 488 g/mol.